The number of hydrogen-bond donors (Lipinski definition) is 14. The molecule has 24 nitrogen and oxygen atoms in total. The van der Waals surface area contributed by atoms with E-state index in [1.165, 1.54) is 32.4 Å². The van der Waals surface area contributed by atoms with Crippen LogP contribution >= 0.6 is 84.6 Å². The molecule has 0 bridgehead atoms. The average molecular weight is 1350 g/mol. The lowest BCUT2D eigenvalue weighted by Gasteiger charge is -2.32. The Labute approximate surface area is 548 Å². The minimum atomic E-state index is -1.92. The molecular formula is C56H94N14O10S7. The van der Waals surface area contributed by atoms with Crippen LogP contribution in [0.15, 0.2) is 23.5 Å². The minimum Gasteiger partial charge on any atom is -0.384 e. The van der Waals surface area contributed by atoms with Gasteiger partial charge in [-0.05, 0) is 96.5 Å². The molecule has 2 aliphatic heterocycles. The maximum atomic E-state index is 14.3. The molecule has 0 saturated carbocycles. The van der Waals surface area contributed by atoms with Gasteiger partial charge in [0.2, 0.25) is 35.4 Å². The normalized spacial score (nSPS) is 22.9. The number of aliphatic hydroxyl groups excluding tert-OH is 1. The molecule has 0 radical (unpaired) electrons. The van der Waals surface area contributed by atoms with Crippen molar-refractivity contribution >= 4 is 157 Å². The fourth-order valence-electron chi connectivity index (χ4n) is 8.76. The van der Waals surface area contributed by atoms with Gasteiger partial charge in [0.25, 0.3) is 5.91 Å². The first-order valence-electron chi connectivity index (χ1n) is 28.9. The van der Waals surface area contributed by atoms with Gasteiger partial charge in [-0.3, -0.25) is 38.4 Å². The molecule has 0 unspecified atom stereocenters. The van der Waals surface area contributed by atoms with Crippen molar-refractivity contribution in [2.75, 3.05) is 38.5 Å². The number of Topliss-reactive ketones (excluding diaryl/α,β-unsaturated/α-hetero) is 1. The molecule has 0 aromatic carbocycles. The van der Waals surface area contributed by atoms with Crippen LogP contribution < -0.4 is 63.8 Å². The number of rotatable bonds is 26. The van der Waals surface area contributed by atoms with Gasteiger partial charge in [-0.1, -0.05) is 109 Å². The SMILES string of the molecule is CC[C@@H](C)[C@@H]1NC(=O)[C@H](NC(=O)[C@@H](C)NC(=S)[C@@H](C)NC(=S)[C@H](C)NC(=S)[C@@H](C)NC(=S)[C@H](CCSC)NC(=S)[C@@H](NC(=O)[C@](C)(O)CC(C)=O)C(C)C)CS/C=C\NC(=O)[C@@H]([C@H](O)C2=CN(C)CN2C)NC(=O)[C@@H](CC(C)C)NC(=O)[C@H](C)NC1=O. The Morgan fingerprint density at radius 3 is 1.80 bits per heavy atom. The van der Waals surface area contributed by atoms with Gasteiger partial charge in [-0.2, -0.15) is 11.8 Å². The Morgan fingerprint density at radius 1 is 0.747 bits per heavy atom. The fraction of sp³-hybridized carbons (Fsp3) is 0.696. The molecule has 0 spiro atoms. The lowest BCUT2D eigenvalue weighted by Crippen LogP contribution is -2.61. The van der Waals surface area contributed by atoms with Crippen LogP contribution in [0.5, 0.6) is 0 Å². The van der Waals surface area contributed by atoms with Gasteiger partial charge < -0.3 is 83.8 Å². The summed E-state index contributed by atoms with van der Waals surface area (Å²) in [5.41, 5.74) is -1.57. The van der Waals surface area contributed by atoms with E-state index in [4.69, 9.17) is 61.1 Å². The van der Waals surface area contributed by atoms with Gasteiger partial charge in [-0.25, -0.2) is 0 Å². The van der Waals surface area contributed by atoms with Crippen LogP contribution in [0.3, 0.4) is 0 Å². The maximum absolute atomic E-state index is 14.3. The van der Waals surface area contributed by atoms with Crippen LogP contribution in [0.4, 0.5) is 0 Å². The number of carbonyl (C=O) groups excluding carboxylic acids is 8. The van der Waals surface area contributed by atoms with Crippen LogP contribution in [0.1, 0.15) is 116 Å². The monoisotopic (exact) mass is 1350 g/mol. The number of likely N-dealkylation sites (N-methyl/N-ethyl adjacent to an activating group) is 1. The number of ketones is 1. The highest BCUT2D eigenvalue weighted by molar-refractivity contribution is 8.02. The molecular weight excluding hydrogens is 1250 g/mol. The van der Waals surface area contributed by atoms with E-state index >= 15 is 0 Å². The predicted molar refractivity (Wildman–Crippen MR) is 364 cm³/mol. The molecule has 2 aliphatic rings. The standard InChI is InChI=1S/C56H94N14O10S7/c1-17-29(6)41-49(78)58-31(8)44(73)63-37(22-27(2)3)46(75)67-42(43(72)39-24-69(14)26-70(39)15)48(77)57-19-21-87-25-38(47(76)66-41)64-45(74)32(9)59-50(81)33(10)60-51(82)34(11)61-52(83)35(12)62-53(84)36(18-20-86-16)65-54(85)40(28(4)5)68-55(79)56(13,80)23-30(7)71/h19,21,24,27-29,31-38,40-43,72,80H,17-18,20,22-23,25-26H2,1-16H3,(H,57,77)(H,58,78)(H,59,81)(H,60,82)(H,61,83)(H,62,84)(H,63,73)(H,64,74)(H,65,85)(H,66,76)(H,67,75)(H,68,79)/b21-19-/t29-,31+,32-,33-,34+,35-,36+,37-,38-,40+,41+,42-,43-,56-/m1/s1. The number of carbonyl (C=O) groups is 8. The van der Waals surface area contributed by atoms with Crippen molar-refractivity contribution in [3.8, 4) is 0 Å². The van der Waals surface area contributed by atoms with Gasteiger partial charge in [0, 0.05) is 38.7 Å². The Morgan fingerprint density at radius 2 is 1.30 bits per heavy atom. The van der Waals surface area contributed by atoms with E-state index in [2.05, 4.69) is 63.8 Å². The number of hydrogen-bond acceptors (Lipinski definition) is 19. The van der Waals surface area contributed by atoms with Gasteiger partial charge >= 0.3 is 0 Å². The Hall–Kier alpha value is -4.89. The second-order valence-corrected chi connectivity index (χ2v) is 27.3. The molecule has 0 fully saturated rings. The van der Waals surface area contributed by atoms with Crippen molar-refractivity contribution < 1.29 is 48.6 Å². The molecule has 0 aromatic heterocycles. The third-order valence-electron chi connectivity index (χ3n) is 14.2. The van der Waals surface area contributed by atoms with Crippen LogP contribution in [-0.2, 0) is 38.4 Å². The quantitative estimate of drug-likeness (QED) is 0.0538. The third-order valence-corrected chi connectivity index (χ3v) is 17.9. The number of thioether (sulfide) groups is 2. The Kier molecular flexibility index (Phi) is 33.5. The van der Waals surface area contributed by atoms with E-state index in [1.807, 2.05) is 47.8 Å². The van der Waals surface area contributed by atoms with Crippen molar-refractivity contribution in [1.82, 2.24) is 73.6 Å². The third kappa shape index (κ3) is 25.9. The zero-order valence-electron chi connectivity index (χ0n) is 52.8. The first-order valence-corrected chi connectivity index (χ1v) is 33.4. The number of thiocarbonyl (C=S) groups is 5. The van der Waals surface area contributed by atoms with Crippen LogP contribution in [0.25, 0.3) is 0 Å². The van der Waals surface area contributed by atoms with Crippen molar-refractivity contribution in [2.24, 2.45) is 17.8 Å². The smallest absolute Gasteiger partial charge is 0.252 e. The number of aliphatic hydroxyl groups is 2. The topological polar surface area (TPSA) is 328 Å². The van der Waals surface area contributed by atoms with E-state index in [1.54, 1.807) is 69.6 Å². The highest BCUT2D eigenvalue weighted by atomic mass is 32.2. The van der Waals surface area contributed by atoms with E-state index < -0.39 is 125 Å². The predicted octanol–water partition coefficient (Wildman–Crippen LogP) is 1.03. The molecule has 0 saturated heterocycles. The summed E-state index contributed by atoms with van der Waals surface area (Å²) in [4.78, 5) is 114. The summed E-state index contributed by atoms with van der Waals surface area (Å²) >= 11 is 31.6. The number of nitrogens with one attached hydrogen (secondary N) is 12. The first-order chi connectivity index (χ1) is 40.5. The second-order valence-electron chi connectivity index (χ2n) is 23.2. The zero-order chi connectivity index (χ0) is 66.4. The molecule has 7 amide bonds. The van der Waals surface area contributed by atoms with Crippen LogP contribution in [0.2, 0.25) is 0 Å². The fourth-order valence-corrected chi connectivity index (χ4v) is 11.5. The summed E-state index contributed by atoms with van der Waals surface area (Å²) in [7, 11) is 3.51. The molecule has 0 aromatic rings. The van der Waals surface area contributed by atoms with Crippen molar-refractivity contribution in [1.29, 1.82) is 0 Å². The maximum Gasteiger partial charge on any atom is 0.252 e. The molecule has 14 atom stereocenters. The molecule has 31 heteroatoms. The summed E-state index contributed by atoms with van der Waals surface area (Å²) in [6.07, 6.45) is 4.18. The molecule has 2 heterocycles. The molecule has 14 N–H and O–H groups in total. The highest BCUT2D eigenvalue weighted by Gasteiger charge is 2.39. The highest BCUT2D eigenvalue weighted by Crippen LogP contribution is 2.20. The van der Waals surface area contributed by atoms with Crippen molar-refractivity contribution in [3.63, 3.8) is 0 Å². The first kappa shape index (κ1) is 78.2. The van der Waals surface area contributed by atoms with Crippen LogP contribution in [0, 0.1) is 17.8 Å². The molecule has 0 aliphatic carbocycles. The second kappa shape index (κ2) is 37.3. The van der Waals surface area contributed by atoms with Crippen molar-refractivity contribution in [2.45, 2.75) is 194 Å². The Bertz CT molecular complexity index is 2560. The Balaban J connectivity index is 2.26. The largest absolute Gasteiger partial charge is 0.384 e. The lowest BCUT2D eigenvalue weighted by atomic mass is 9.96. The van der Waals surface area contributed by atoms with E-state index in [0.29, 0.717) is 45.2 Å². The van der Waals surface area contributed by atoms with Gasteiger partial charge in [0.05, 0.1) is 67.5 Å². The van der Waals surface area contributed by atoms with Crippen molar-refractivity contribution in [3.05, 3.63) is 23.5 Å². The van der Waals surface area contributed by atoms with E-state index in [0.717, 1.165) is 17.5 Å². The molecule has 2 rings (SSSR count). The minimum absolute atomic E-state index is 0.100. The molecule has 490 valence electrons. The summed E-state index contributed by atoms with van der Waals surface area (Å²) < 4.78 is 0. The zero-order valence-corrected chi connectivity index (χ0v) is 58.5. The summed E-state index contributed by atoms with van der Waals surface area (Å²) in [5.74, 6) is -5.43. The van der Waals surface area contributed by atoms with Gasteiger partial charge in [0.1, 0.15) is 53.7 Å². The summed E-state index contributed by atoms with van der Waals surface area (Å²) in [6, 6.07) is -10.1. The van der Waals surface area contributed by atoms with E-state index in [9.17, 15) is 48.6 Å². The summed E-state index contributed by atoms with van der Waals surface area (Å²) in [5, 5.41) is 58.8. The number of amides is 7. The molecule has 87 heavy (non-hydrogen) atoms. The van der Waals surface area contributed by atoms with Crippen LogP contribution in [-0.4, -0.2) is 209 Å². The van der Waals surface area contributed by atoms with Gasteiger partial charge in [0.15, 0.2) is 0 Å². The average Bonchev–Trinajstić information content (AvgIpc) is 2.68. The van der Waals surface area contributed by atoms with Gasteiger partial charge in [-0.15, -0.1) is 11.8 Å². The summed E-state index contributed by atoms with van der Waals surface area (Å²) in [6.45, 7) is 22.4. The lowest BCUT2D eigenvalue weighted by molar-refractivity contribution is -0.143. The van der Waals surface area contributed by atoms with E-state index in [-0.39, 0.29) is 41.2 Å². The number of nitrogens with zero attached hydrogens (tertiary/aromatic N) is 2.